The van der Waals surface area contributed by atoms with Gasteiger partial charge in [-0.1, -0.05) is 60.4 Å². The van der Waals surface area contributed by atoms with Crippen molar-refractivity contribution >= 4 is 10.0 Å². The van der Waals surface area contributed by atoms with Gasteiger partial charge in [-0.25, -0.2) is 8.42 Å². The van der Waals surface area contributed by atoms with Crippen LogP contribution in [0.15, 0.2) is 41.3 Å². The molecule has 0 saturated carbocycles. The molecule has 1 aliphatic rings. The third-order valence-corrected chi connectivity index (χ3v) is 7.52. The molecule has 0 N–H and O–H groups in total. The Morgan fingerprint density at radius 3 is 2.23 bits per heavy atom. The Bertz CT molecular complexity index is 879. The van der Waals surface area contributed by atoms with Crippen LogP contribution in [0.4, 0.5) is 0 Å². The molecule has 1 aliphatic heterocycles. The van der Waals surface area contributed by atoms with E-state index in [0.717, 1.165) is 47.9 Å². The van der Waals surface area contributed by atoms with E-state index in [1.54, 1.807) is 4.31 Å². The molecule has 2 aromatic carbocycles. The van der Waals surface area contributed by atoms with Crippen LogP contribution in [0.2, 0.25) is 0 Å². The second-order valence-corrected chi connectivity index (χ2v) is 9.45. The van der Waals surface area contributed by atoms with Gasteiger partial charge in [0.05, 0.1) is 10.9 Å². The number of rotatable bonds is 3. The Balaban J connectivity index is 2.11. The summed E-state index contributed by atoms with van der Waals surface area (Å²) >= 11 is 0. The number of aryl methyl sites for hydroxylation is 4. The van der Waals surface area contributed by atoms with Gasteiger partial charge in [-0.2, -0.15) is 4.31 Å². The molecule has 1 saturated heterocycles. The fourth-order valence-electron chi connectivity index (χ4n) is 4.27. The predicted octanol–water partition coefficient (Wildman–Crippen LogP) is 5.23. The standard InChI is InChI=1S/C22H29NO2S/c1-16-9-8-10-20(15-16)21-11-6-5-7-12-23(21)26(24,25)22-18(3)13-17(2)14-19(22)4/h8-10,13-15,21H,5-7,11-12H2,1-4H3/t21-/m0/s1. The molecule has 0 spiro atoms. The summed E-state index contributed by atoms with van der Waals surface area (Å²) in [7, 11) is -3.54. The highest BCUT2D eigenvalue weighted by atomic mass is 32.2. The molecule has 0 aliphatic carbocycles. The average molecular weight is 372 g/mol. The molecular formula is C22H29NO2S. The molecule has 0 amide bonds. The van der Waals surface area contributed by atoms with E-state index in [0.29, 0.717) is 11.4 Å². The summed E-state index contributed by atoms with van der Waals surface area (Å²) in [5.41, 5.74) is 5.07. The van der Waals surface area contributed by atoms with Crippen molar-refractivity contribution in [2.45, 2.75) is 64.3 Å². The topological polar surface area (TPSA) is 37.4 Å². The van der Waals surface area contributed by atoms with Crippen molar-refractivity contribution in [1.82, 2.24) is 4.31 Å². The lowest BCUT2D eigenvalue weighted by Crippen LogP contribution is -2.35. The summed E-state index contributed by atoms with van der Waals surface area (Å²) in [5.74, 6) is 0. The van der Waals surface area contributed by atoms with Gasteiger partial charge in [-0.05, 0) is 57.2 Å². The summed E-state index contributed by atoms with van der Waals surface area (Å²) in [6, 6.07) is 12.2. The number of hydrogen-bond donors (Lipinski definition) is 0. The third-order valence-electron chi connectivity index (χ3n) is 5.30. The highest BCUT2D eigenvalue weighted by Gasteiger charge is 2.35. The van der Waals surface area contributed by atoms with Crippen molar-refractivity contribution in [2.75, 3.05) is 6.54 Å². The lowest BCUT2D eigenvalue weighted by atomic mass is 10.0. The molecule has 1 fully saturated rings. The Kier molecular flexibility index (Phi) is 5.54. The molecule has 1 atom stereocenters. The molecule has 2 aromatic rings. The van der Waals surface area contributed by atoms with E-state index < -0.39 is 10.0 Å². The van der Waals surface area contributed by atoms with Crippen LogP contribution in [-0.4, -0.2) is 19.3 Å². The van der Waals surface area contributed by atoms with Gasteiger partial charge in [0.25, 0.3) is 0 Å². The van der Waals surface area contributed by atoms with Gasteiger partial charge in [-0.3, -0.25) is 0 Å². The van der Waals surface area contributed by atoms with Crippen LogP contribution in [0.3, 0.4) is 0 Å². The molecule has 0 bridgehead atoms. The summed E-state index contributed by atoms with van der Waals surface area (Å²) in [6.07, 6.45) is 3.95. The van der Waals surface area contributed by atoms with Gasteiger partial charge in [0, 0.05) is 6.54 Å². The minimum absolute atomic E-state index is 0.0810. The zero-order chi connectivity index (χ0) is 18.9. The van der Waals surface area contributed by atoms with E-state index in [4.69, 9.17) is 0 Å². The van der Waals surface area contributed by atoms with Crippen LogP contribution < -0.4 is 0 Å². The lowest BCUT2D eigenvalue weighted by Gasteiger charge is -2.31. The molecule has 0 radical (unpaired) electrons. The van der Waals surface area contributed by atoms with E-state index >= 15 is 0 Å². The molecule has 4 heteroatoms. The van der Waals surface area contributed by atoms with Crippen molar-refractivity contribution < 1.29 is 8.42 Å². The van der Waals surface area contributed by atoms with E-state index in [9.17, 15) is 8.42 Å². The van der Waals surface area contributed by atoms with Crippen LogP contribution in [-0.2, 0) is 10.0 Å². The maximum absolute atomic E-state index is 13.7. The van der Waals surface area contributed by atoms with Crippen LogP contribution in [0.1, 0.15) is 59.5 Å². The van der Waals surface area contributed by atoms with E-state index in [1.165, 1.54) is 5.56 Å². The van der Waals surface area contributed by atoms with E-state index in [2.05, 4.69) is 25.1 Å². The number of sulfonamides is 1. The Morgan fingerprint density at radius 1 is 0.885 bits per heavy atom. The van der Waals surface area contributed by atoms with Gasteiger partial charge < -0.3 is 0 Å². The number of benzene rings is 2. The normalized spacial score (nSPS) is 19.3. The molecule has 140 valence electrons. The highest BCUT2D eigenvalue weighted by molar-refractivity contribution is 7.89. The molecule has 3 rings (SSSR count). The van der Waals surface area contributed by atoms with Crippen LogP contribution in [0.5, 0.6) is 0 Å². The van der Waals surface area contributed by atoms with Gasteiger partial charge >= 0.3 is 0 Å². The molecule has 3 nitrogen and oxygen atoms in total. The van der Waals surface area contributed by atoms with Crippen molar-refractivity contribution in [3.8, 4) is 0 Å². The predicted molar refractivity (Wildman–Crippen MR) is 107 cm³/mol. The summed E-state index contributed by atoms with van der Waals surface area (Å²) in [6.45, 7) is 8.48. The zero-order valence-electron chi connectivity index (χ0n) is 16.2. The van der Waals surface area contributed by atoms with Gasteiger partial charge in [-0.15, -0.1) is 0 Å². The maximum Gasteiger partial charge on any atom is 0.244 e. The Hall–Kier alpha value is -1.65. The van der Waals surface area contributed by atoms with E-state index in [1.807, 2.05) is 39.0 Å². The second kappa shape index (κ2) is 7.53. The van der Waals surface area contributed by atoms with Crippen molar-refractivity contribution in [3.05, 3.63) is 64.2 Å². The molecule has 0 aromatic heterocycles. The number of hydrogen-bond acceptors (Lipinski definition) is 2. The summed E-state index contributed by atoms with van der Waals surface area (Å²) in [4.78, 5) is 0.489. The molecule has 0 unspecified atom stereocenters. The maximum atomic E-state index is 13.7. The SMILES string of the molecule is Cc1cccc([C@@H]2CCCCCN2S(=O)(=O)c2c(C)cc(C)cc2C)c1. The van der Waals surface area contributed by atoms with Crippen molar-refractivity contribution in [3.63, 3.8) is 0 Å². The molecular weight excluding hydrogens is 342 g/mol. The van der Waals surface area contributed by atoms with Gasteiger partial charge in [0.15, 0.2) is 0 Å². The monoisotopic (exact) mass is 371 g/mol. The Morgan fingerprint density at radius 2 is 1.58 bits per heavy atom. The quantitative estimate of drug-likeness (QED) is 0.741. The average Bonchev–Trinajstić information content (AvgIpc) is 2.80. The first-order chi connectivity index (χ1) is 12.3. The smallest absolute Gasteiger partial charge is 0.207 e. The van der Waals surface area contributed by atoms with Crippen LogP contribution in [0, 0.1) is 27.7 Å². The minimum Gasteiger partial charge on any atom is -0.207 e. The fourth-order valence-corrected chi connectivity index (χ4v) is 6.37. The number of nitrogens with zero attached hydrogens (tertiary/aromatic N) is 1. The first-order valence-corrected chi connectivity index (χ1v) is 10.9. The lowest BCUT2D eigenvalue weighted by molar-refractivity contribution is 0.328. The highest BCUT2D eigenvalue weighted by Crippen LogP contribution is 2.36. The Labute approximate surface area is 158 Å². The van der Waals surface area contributed by atoms with Crippen LogP contribution >= 0.6 is 0 Å². The van der Waals surface area contributed by atoms with Gasteiger partial charge in [0.2, 0.25) is 10.0 Å². The second-order valence-electron chi connectivity index (χ2n) is 7.62. The zero-order valence-corrected chi connectivity index (χ0v) is 17.1. The third kappa shape index (κ3) is 3.72. The van der Waals surface area contributed by atoms with Crippen LogP contribution in [0.25, 0.3) is 0 Å². The first kappa shape index (κ1) is 19.1. The summed E-state index contributed by atoms with van der Waals surface area (Å²) in [5, 5.41) is 0. The minimum atomic E-state index is -3.54. The van der Waals surface area contributed by atoms with Crippen molar-refractivity contribution in [2.24, 2.45) is 0 Å². The van der Waals surface area contributed by atoms with Crippen molar-refractivity contribution in [1.29, 1.82) is 0 Å². The largest absolute Gasteiger partial charge is 0.244 e. The fraction of sp³-hybridized carbons (Fsp3) is 0.455. The summed E-state index contributed by atoms with van der Waals surface area (Å²) < 4.78 is 29.1. The molecule has 1 heterocycles. The molecule has 26 heavy (non-hydrogen) atoms. The van der Waals surface area contributed by atoms with Gasteiger partial charge in [0.1, 0.15) is 0 Å². The first-order valence-electron chi connectivity index (χ1n) is 9.47. The van der Waals surface area contributed by atoms with E-state index in [-0.39, 0.29) is 6.04 Å².